The van der Waals surface area contributed by atoms with E-state index in [1.54, 1.807) is 11.3 Å². The molecular formula is C15H19N3S. The minimum absolute atomic E-state index is 0.337. The fraction of sp³-hybridized carbons (Fsp3) is 0.467. The number of pyridine rings is 1. The Morgan fingerprint density at radius 2 is 2.26 bits per heavy atom. The number of aromatic nitrogens is 2. The number of nitrogens with zero attached hydrogens (tertiary/aromatic N) is 2. The molecule has 3 nitrogen and oxygen atoms in total. The van der Waals surface area contributed by atoms with Crippen molar-refractivity contribution in [2.75, 3.05) is 0 Å². The Morgan fingerprint density at radius 3 is 3.00 bits per heavy atom. The van der Waals surface area contributed by atoms with Crippen LogP contribution >= 0.6 is 11.3 Å². The molecule has 0 aliphatic heterocycles. The molecule has 19 heavy (non-hydrogen) atoms. The normalized spacial score (nSPS) is 19.4. The number of nitrogens with one attached hydrogen (secondary N) is 1. The van der Waals surface area contributed by atoms with Gasteiger partial charge in [0, 0.05) is 17.1 Å². The summed E-state index contributed by atoms with van der Waals surface area (Å²) in [6, 6.07) is 4.94. The Morgan fingerprint density at radius 1 is 1.42 bits per heavy atom. The average Bonchev–Trinajstić information content (AvgIpc) is 2.94. The Kier molecular flexibility index (Phi) is 3.37. The van der Waals surface area contributed by atoms with Gasteiger partial charge in [-0.3, -0.25) is 4.98 Å². The van der Waals surface area contributed by atoms with Crippen LogP contribution in [-0.2, 0) is 6.42 Å². The summed E-state index contributed by atoms with van der Waals surface area (Å²) in [5.41, 5.74) is 3.78. The van der Waals surface area contributed by atoms with E-state index in [-0.39, 0.29) is 0 Å². The maximum Gasteiger partial charge on any atom is 0.0900 e. The van der Waals surface area contributed by atoms with Crippen molar-refractivity contribution < 1.29 is 0 Å². The van der Waals surface area contributed by atoms with E-state index in [0.717, 1.165) is 23.5 Å². The van der Waals surface area contributed by atoms with Crippen LogP contribution in [0.4, 0.5) is 0 Å². The van der Waals surface area contributed by atoms with Crippen LogP contribution in [-0.4, -0.2) is 9.97 Å². The zero-order valence-electron chi connectivity index (χ0n) is 11.6. The standard InChI is InChI=1S/C15H19N3S/c1-9-15(19-11(3)17-9)10(2)18-13-7-6-12-5-4-8-16-14(12)13/h4-5,8,10,13,18H,6-7H2,1-3H3. The number of hydrogen-bond acceptors (Lipinski definition) is 4. The van der Waals surface area contributed by atoms with Crippen LogP contribution in [0.1, 0.15) is 52.3 Å². The molecule has 2 atom stereocenters. The molecule has 2 heterocycles. The molecule has 2 aromatic heterocycles. The summed E-state index contributed by atoms with van der Waals surface area (Å²) in [6.07, 6.45) is 4.17. The minimum atomic E-state index is 0.337. The number of fused-ring (bicyclic) bond motifs is 1. The summed E-state index contributed by atoms with van der Waals surface area (Å²) in [6.45, 7) is 6.39. The number of hydrogen-bond donors (Lipinski definition) is 1. The number of thiazole rings is 1. The summed E-state index contributed by atoms with van der Waals surface area (Å²) in [4.78, 5) is 10.4. The second-order valence-corrected chi connectivity index (χ2v) is 6.44. The van der Waals surface area contributed by atoms with Gasteiger partial charge in [-0.15, -0.1) is 11.3 Å². The monoisotopic (exact) mass is 273 g/mol. The first kappa shape index (κ1) is 12.8. The third kappa shape index (κ3) is 2.42. The van der Waals surface area contributed by atoms with Crippen LogP contribution in [0, 0.1) is 13.8 Å². The maximum absolute atomic E-state index is 4.54. The highest BCUT2D eigenvalue weighted by molar-refractivity contribution is 7.11. The van der Waals surface area contributed by atoms with Crippen molar-refractivity contribution in [3.05, 3.63) is 45.2 Å². The van der Waals surface area contributed by atoms with Crippen molar-refractivity contribution in [3.8, 4) is 0 Å². The Labute approximate surface area is 118 Å². The molecule has 0 radical (unpaired) electrons. The van der Waals surface area contributed by atoms with Crippen molar-refractivity contribution in [1.29, 1.82) is 0 Å². The molecule has 0 saturated carbocycles. The van der Waals surface area contributed by atoms with Crippen LogP contribution in [0.5, 0.6) is 0 Å². The average molecular weight is 273 g/mol. The molecule has 1 aliphatic carbocycles. The van der Waals surface area contributed by atoms with Gasteiger partial charge >= 0.3 is 0 Å². The predicted octanol–water partition coefficient (Wildman–Crippen LogP) is 3.49. The molecule has 4 heteroatoms. The second-order valence-electron chi connectivity index (χ2n) is 5.21. The van der Waals surface area contributed by atoms with Gasteiger partial charge in [0.2, 0.25) is 0 Å². The molecule has 2 aromatic rings. The quantitative estimate of drug-likeness (QED) is 0.930. The molecule has 0 spiro atoms. The van der Waals surface area contributed by atoms with Crippen molar-refractivity contribution in [2.24, 2.45) is 0 Å². The third-order valence-electron chi connectivity index (χ3n) is 3.74. The highest BCUT2D eigenvalue weighted by Crippen LogP contribution is 2.33. The number of rotatable bonds is 3. The predicted molar refractivity (Wildman–Crippen MR) is 78.4 cm³/mol. The summed E-state index contributed by atoms with van der Waals surface area (Å²) in [5, 5.41) is 4.86. The van der Waals surface area contributed by atoms with E-state index < -0.39 is 0 Å². The molecule has 3 rings (SSSR count). The van der Waals surface area contributed by atoms with E-state index >= 15 is 0 Å². The Bertz CT molecular complexity index is 591. The van der Waals surface area contributed by atoms with Gasteiger partial charge in [-0.1, -0.05) is 6.07 Å². The molecule has 0 aromatic carbocycles. The van der Waals surface area contributed by atoms with E-state index in [9.17, 15) is 0 Å². The van der Waals surface area contributed by atoms with E-state index in [4.69, 9.17) is 0 Å². The third-order valence-corrected chi connectivity index (χ3v) is 5.00. The van der Waals surface area contributed by atoms with Gasteiger partial charge in [0.15, 0.2) is 0 Å². The highest BCUT2D eigenvalue weighted by Gasteiger charge is 2.26. The van der Waals surface area contributed by atoms with Crippen LogP contribution in [0.3, 0.4) is 0 Å². The first-order chi connectivity index (χ1) is 9.15. The van der Waals surface area contributed by atoms with Crippen LogP contribution < -0.4 is 5.32 Å². The second kappa shape index (κ2) is 5.02. The van der Waals surface area contributed by atoms with Crippen molar-refractivity contribution in [2.45, 2.75) is 45.7 Å². The Balaban J connectivity index is 1.78. The van der Waals surface area contributed by atoms with Gasteiger partial charge in [-0.2, -0.15) is 0 Å². The van der Waals surface area contributed by atoms with Crippen molar-refractivity contribution in [3.63, 3.8) is 0 Å². The van der Waals surface area contributed by atoms with Gasteiger partial charge in [0.1, 0.15) is 0 Å². The van der Waals surface area contributed by atoms with E-state index in [2.05, 4.69) is 42.1 Å². The van der Waals surface area contributed by atoms with E-state index in [1.165, 1.54) is 16.1 Å². The molecule has 2 unspecified atom stereocenters. The molecule has 1 aliphatic rings. The lowest BCUT2D eigenvalue weighted by molar-refractivity contribution is 0.461. The van der Waals surface area contributed by atoms with Gasteiger partial charge in [-0.25, -0.2) is 4.98 Å². The smallest absolute Gasteiger partial charge is 0.0900 e. The van der Waals surface area contributed by atoms with Gasteiger partial charge in [0.25, 0.3) is 0 Å². The summed E-state index contributed by atoms with van der Waals surface area (Å²) in [5.74, 6) is 0. The first-order valence-corrected chi connectivity index (χ1v) is 7.60. The molecule has 0 fully saturated rings. The largest absolute Gasteiger partial charge is 0.301 e. The SMILES string of the molecule is Cc1nc(C)c(C(C)NC2CCc3cccnc32)s1. The van der Waals surface area contributed by atoms with Crippen LogP contribution in [0.25, 0.3) is 0 Å². The van der Waals surface area contributed by atoms with Crippen LogP contribution in [0.2, 0.25) is 0 Å². The highest BCUT2D eigenvalue weighted by atomic mass is 32.1. The Hall–Kier alpha value is -1.26. The van der Waals surface area contributed by atoms with E-state index in [0.29, 0.717) is 12.1 Å². The minimum Gasteiger partial charge on any atom is -0.301 e. The topological polar surface area (TPSA) is 37.8 Å². The molecule has 100 valence electrons. The molecule has 0 amide bonds. The summed E-state index contributed by atoms with van der Waals surface area (Å²) in [7, 11) is 0. The molecule has 0 bridgehead atoms. The van der Waals surface area contributed by atoms with Gasteiger partial charge in [0.05, 0.1) is 22.4 Å². The van der Waals surface area contributed by atoms with E-state index in [1.807, 2.05) is 12.3 Å². The van der Waals surface area contributed by atoms with Crippen molar-refractivity contribution in [1.82, 2.24) is 15.3 Å². The van der Waals surface area contributed by atoms with Gasteiger partial charge < -0.3 is 5.32 Å². The number of aryl methyl sites for hydroxylation is 3. The fourth-order valence-electron chi connectivity index (χ4n) is 2.90. The lowest BCUT2D eigenvalue weighted by Crippen LogP contribution is -2.23. The van der Waals surface area contributed by atoms with Gasteiger partial charge in [-0.05, 0) is 45.2 Å². The molecular weight excluding hydrogens is 254 g/mol. The summed E-state index contributed by atoms with van der Waals surface area (Å²) >= 11 is 1.79. The molecule has 0 saturated heterocycles. The van der Waals surface area contributed by atoms with Crippen LogP contribution in [0.15, 0.2) is 18.3 Å². The zero-order valence-corrected chi connectivity index (χ0v) is 12.4. The fourth-order valence-corrected chi connectivity index (χ4v) is 3.84. The maximum atomic E-state index is 4.54. The zero-order chi connectivity index (χ0) is 13.4. The first-order valence-electron chi connectivity index (χ1n) is 6.79. The molecule has 1 N–H and O–H groups in total. The lowest BCUT2D eigenvalue weighted by Gasteiger charge is -2.19. The lowest BCUT2D eigenvalue weighted by atomic mass is 10.1. The summed E-state index contributed by atoms with van der Waals surface area (Å²) < 4.78 is 0. The van der Waals surface area contributed by atoms with Crippen molar-refractivity contribution >= 4 is 11.3 Å².